The fourth-order valence-corrected chi connectivity index (χ4v) is 6.70. The van der Waals surface area contributed by atoms with Gasteiger partial charge in [0.15, 0.2) is 0 Å². The van der Waals surface area contributed by atoms with Crippen LogP contribution in [0, 0.1) is 29.1 Å². The molecule has 2 aliphatic carbocycles. The Bertz CT molecular complexity index is 741. The van der Waals surface area contributed by atoms with Crippen LogP contribution in [0.3, 0.4) is 0 Å². The van der Waals surface area contributed by atoms with E-state index in [9.17, 15) is 14.9 Å². The predicted octanol–water partition coefficient (Wildman–Crippen LogP) is 3.48. The van der Waals surface area contributed by atoms with Gasteiger partial charge in [-0.15, -0.1) is 0 Å². The molecule has 34 heavy (non-hydrogen) atoms. The molecular weight excluding hydrogens is 428 g/mol. The van der Waals surface area contributed by atoms with Crippen molar-refractivity contribution < 1.29 is 14.3 Å². The SMILES string of the molecule is C[C@H]1CCC[C@@H](N2CC[C@@](C#N)(NC(=O)[C@@H](CC(=O)N3CCOCC3)CC3CCCCC3)C2)C1. The van der Waals surface area contributed by atoms with Gasteiger partial charge in [-0.3, -0.25) is 14.5 Å². The van der Waals surface area contributed by atoms with Gasteiger partial charge in [0.25, 0.3) is 0 Å². The number of hydrogen-bond donors (Lipinski definition) is 1. The van der Waals surface area contributed by atoms with E-state index in [4.69, 9.17) is 4.74 Å². The van der Waals surface area contributed by atoms with Crippen molar-refractivity contribution in [3.63, 3.8) is 0 Å². The first-order chi connectivity index (χ1) is 16.5. The normalized spacial score (nSPS) is 32.2. The van der Waals surface area contributed by atoms with Crippen molar-refractivity contribution >= 4 is 11.8 Å². The molecule has 0 unspecified atom stereocenters. The summed E-state index contributed by atoms with van der Waals surface area (Å²) >= 11 is 0. The Labute approximate surface area is 205 Å². The highest BCUT2D eigenvalue weighted by Crippen LogP contribution is 2.34. The monoisotopic (exact) mass is 472 g/mol. The molecule has 0 aromatic heterocycles. The second-order valence-electron chi connectivity index (χ2n) is 11.5. The average molecular weight is 473 g/mol. The van der Waals surface area contributed by atoms with E-state index in [1.165, 1.54) is 44.9 Å². The molecule has 7 heteroatoms. The smallest absolute Gasteiger partial charge is 0.224 e. The summed E-state index contributed by atoms with van der Waals surface area (Å²) in [5.41, 5.74) is -0.829. The lowest BCUT2D eigenvalue weighted by Crippen LogP contribution is -2.53. The molecule has 1 N–H and O–H groups in total. The van der Waals surface area contributed by atoms with Gasteiger partial charge in [0, 0.05) is 44.6 Å². The Kier molecular flexibility index (Phi) is 8.87. The third kappa shape index (κ3) is 6.51. The van der Waals surface area contributed by atoms with Crippen LogP contribution in [0.15, 0.2) is 0 Å². The number of likely N-dealkylation sites (tertiary alicyclic amines) is 1. The Hall–Kier alpha value is -1.65. The van der Waals surface area contributed by atoms with Crippen LogP contribution >= 0.6 is 0 Å². The van der Waals surface area contributed by atoms with Crippen LogP contribution < -0.4 is 5.32 Å². The fraction of sp³-hybridized carbons (Fsp3) is 0.889. The zero-order valence-electron chi connectivity index (χ0n) is 21.1. The van der Waals surface area contributed by atoms with Crippen LogP contribution in [0.4, 0.5) is 0 Å². The van der Waals surface area contributed by atoms with Gasteiger partial charge in [0.1, 0.15) is 5.54 Å². The number of nitrogens with zero attached hydrogens (tertiary/aromatic N) is 3. The first-order valence-electron chi connectivity index (χ1n) is 13.8. The maximum Gasteiger partial charge on any atom is 0.224 e. The molecule has 2 saturated carbocycles. The number of amides is 2. The number of carbonyl (C=O) groups is 2. The highest BCUT2D eigenvalue weighted by molar-refractivity contribution is 5.86. The minimum Gasteiger partial charge on any atom is -0.378 e. The van der Waals surface area contributed by atoms with E-state index in [1.54, 1.807) is 0 Å². The van der Waals surface area contributed by atoms with Crippen LogP contribution in [0.2, 0.25) is 0 Å². The second-order valence-corrected chi connectivity index (χ2v) is 11.5. The van der Waals surface area contributed by atoms with E-state index < -0.39 is 5.54 Å². The molecule has 0 aromatic rings. The summed E-state index contributed by atoms with van der Waals surface area (Å²) in [6, 6.07) is 3.00. The molecule has 4 atom stereocenters. The number of morpholine rings is 1. The molecule has 0 aromatic carbocycles. The van der Waals surface area contributed by atoms with Gasteiger partial charge in [-0.1, -0.05) is 51.9 Å². The summed E-state index contributed by atoms with van der Waals surface area (Å²) in [5.74, 6) is 0.842. The van der Waals surface area contributed by atoms with Crippen LogP contribution in [-0.4, -0.2) is 72.6 Å². The van der Waals surface area contributed by atoms with E-state index in [1.807, 2.05) is 4.90 Å². The van der Waals surface area contributed by atoms with Crippen molar-refractivity contribution in [1.82, 2.24) is 15.1 Å². The maximum atomic E-state index is 13.6. The largest absolute Gasteiger partial charge is 0.378 e. The van der Waals surface area contributed by atoms with E-state index >= 15 is 0 Å². The first-order valence-corrected chi connectivity index (χ1v) is 13.8. The zero-order chi connectivity index (χ0) is 24.0. The Morgan fingerprint density at radius 3 is 2.56 bits per heavy atom. The Morgan fingerprint density at radius 1 is 1.09 bits per heavy atom. The molecule has 0 spiro atoms. The number of ether oxygens (including phenoxy) is 1. The van der Waals surface area contributed by atoms with E-state index in [2.05, 4.69) is 23.2 Å². The first kappa shape index (κ1) is 25.4. The number of nitrogens with one attached hydrogen (secondary N) is 1. The molecule has 2 aliphatic heterocycles. The van der Waals surface area contributed by atoms with Crippen molar-refractivity contribution in [3.8, 4) is 6.07 Å². The molecule has 2 saturated heterocycles. The summed E-state index contributed by atoms with van der Waals surface area (Å²) in [6.45, 7) is 6.14. The molecule has 2 heterocycles. The standard InChI is InChI=1S/C27H44N4O3/c1-21-6-5-9-24(16-21)31-11-10-27(19-28,20-31)29-26(33)23(17-22-7-3-2-4-8-22)18-25(32)30-12-14-34-15-13-30/h21-24H,2-18,20H2,1H3,(H,29,33)/t21-,23+,24+,27-/m0/s1. The average Bonchev–Trinajstić information content (AvgIpc) is 3.29. The third-order valence-electron chi connectivity index (χ3n) is 8.80. The van der Waals surface area contributed by atoms with E-state index in [-0.39, 0.29) is 24.2 Å². The van der Waals surface area contributed by atoms with E-state index in [0.29, 0.717) is 51.2 Å². The number of rotatable bonds is 7. The minimum atomic E-state index is -0.829. The fourth-order valence-electron chi connectivity index (χ4n) is 6.70. The summed E-state index contributed by atoms with van der Waals surface area (Å²) in [5, 5.41) is 13.3. The lowest BCUT2D eigenvalue weighted by Gasteiger charge is -2.35. The molecule has 190 valence electrons. The molecule has 0 radical (unpaired) electrons. The number of nitriles is 1. The van der Waals surface area contributed by atoms with Crippen LogP contribution in [0.5, 0.6) is 0 Å². The molecule has 4 rings (SSSR count). The molecule has 7 nitrogen and oxygen atoms in total. The van der Waals surface area contributed by atoms with Crippen LogP contribution in [0.25, 0.3) is 0 Å². The van der Waals surface area contributed by atoms with Gasteiger partial charge < -0.3 is 15.0 Å². The van der Waals surface area contributed by atoms with Gasteiger partial charge in [-0.25, -0.2) is 0 Å². The topological polar surface area (TPSA) is 85.7 Å². The summed E-state index contributed by atoms with van der Waals surface area (Å²) in [7, 11) is 0. The Balaban J connectivity index is 1.40. The maximum absolute atomic E-state index is 13.6. The van der Waals surface area contributed by atoms with Crippen LogP contribution in [-0.2, 0) is 14.3 Å². The summed E-state index contributed by atoms with van der Waals surface area (Å²) < 4.78 is 5.39. The number of hydrogen-bond acceptors (Lipinski definition) is 5. The summed E-state index contributed by atoms with van der Waals surface area (Å²) in [6.07, 6.45) is 12.6. The quantitative estimate of drug-likeness (QED) is 0.613. The molecule has 0 bridgehead atoms. The second kappa shape index (κ2) is 11.9. The predicted molar refractivity (Wildman–Crippen MR) is 131 cm³/mol. The van der Waals surface area contributed by atoms with Crippen LogP contribution in [0.1, 0.15) is 84.0 Å². The highest BCUT2D eigenvalue weighted by Gasteiger charge is 2.44. The van der Waals surface area contributed by atoms with Crippen molar-refractivity contribution in [2.45, 2.75) is 95.6 Å². The minimum absolute atomic E-state index is 0.0505. The summed E-state index contributed by atoms with van der Waals surface area (Å²) in [4.78, 5) is 30.9. The van der Waals surface area contributed by atoms with Crippen molar-refractivity contribution in [2.24, 2.45) is 17.8 Å². The zero-order valence-corrected chi connectivity index (χ0v) is 21.1. The molecule has 2 amide bonds. The molecule has 4 aliphatic rings. The lowest BCUT2D eigenvalue weighted by molar-refractivity contribution is -0.140. The van der Waals surface area contributed by atoms with Crippen molar-refractivity contribution in [3.05, 3.63) is 0 Å². The third-order valence-corrected chi connectivity index (χ3v) is 8.80. The lowest BCUT2D eigenvalue weighted by atomic mass is 9.81. The van der Waals surface area contributed by atoms with Gasteiger partial charge in [0.05, 0.1) is 19.3 Å². The van der Waals surface area contributed by atoms with Gasteiger partial charge in [0.2, 0.25) is 11.8 Å². The number of carbonyl (C=O) groups excluding carboxylic acids is 2. The van der Waals surface area contributed by atoms with Crippen molar-refractivity contribution in [1.29, 1.82) is 5.26 Å². The van der Waals surface area contributed by atoms with Gasteiger partial charge in [-0.05, 0) is 37.5 Å². The van der Waals surface area contributed by atoms with Crippen molar-refractivity contribution in [2.75, 3.05) is 39.4 Å². The highest BCUT2D eigenvalue weighted by atomic mass is 16.5. The van der Waals surface area contributed by atoms with E-state index in [0.717, 1.165) is 31.7 Å². The molecular formula is C27H44N4O3. The Morgan fingerprint density at radius 2 is 1.85 bits per heavy atom. The molecule has 4 fully saturated rings. The van der Waals surface area contributed by atoms with Gasteiger partial charge in [-0.2, -0.15) is 5.26 Å². The van der Waals surface area contributed by atoms with Gasteiger partial charge >= 0.3 is 0 Å².